The summed E-state index contributed by atoms with van der Waals surface area (Å²) in [7, 11) is 5.14. The van der Waals surface area contributed by atoms with E-state index in [1.165, 1.54) is 62.0 Å². The molecule has 3 N–H and O–H groups in total. The quantitative estimate of drug-likeness (QED) is 0.0287. The smallest absolute Gasteiger partial charge is 0.407 e. The average Bonchev–Trinajstić information content (AvgIpc) is 1.56. The topological polar surface area (TPSA) is 321 Å². The molecule has 8 fully saturated rings. The van der Waals surface area contributed by atoms with Gasteiger partial charge in [-0.15, -0.1) is 0 Å². The van der Waals surface area contributed by atoms with Crippen LogP contribution >= 0.6 is 23.2 Å². The number of hydrogen-bond acceptors (Lipinski definition) is 18. The van der Waals surface area contributed by atoms with E-state index in [9.17, 15) is 38.4 Å². The van der Waals surface area contributed by atoms with Gasteiger partial charge in [0.2, 0.25) is 23.6 Å². The van der Waals surface area contributed by atoms with Crippen molar-refractivity contribution >= 4 is 105 Å². The van der Waals surface area contributed by atoms with E-state index >= 15 is 27.2 Å². The van der Waals surface area contributed by atoms with E-state index in [1.807, 2.05) is 100 Å². The molecule has 4 saturated heterocycles. The number of fused-ring (bicyclic) bond motifs is 12. The van der Waals surface area contributed by atoms with Gasteiger partial charge in [0, 0.05) is 70.7 Å². The van der Waals surface area contributed by atoms with Crippen LogP contribution in [0.5, 0.6) is 0 Å². The highest BCUT2D eigenvalue weighted by Gasteiger charge is 2.60. The number of benzene rings is 8. The molecule has 11 aliphatic rings. The first kappa shape index (κ1) is 100. The predicted molar refractivity (Wildman–Crippen MR) is 548 cm³/mol. The molecule has 12 atom stereocenters. The minimum absolute atomic E-state index is 0.00817. The molecule has 8 heterocycles. The van der Waals surface area contributed by atoms with Gasteiger partial charge in [-0.2, -0.15) is 17.6 Å². The maximum absolute atomic E-state index is 17.5. The second kappa shape index (κ2) is 38.5. The molecule has 11 aromatic rings. The molecule has 768 valence electrons. The number of alkyl carbamates (subject to hydrolysis) is 2. The van der Waals surface area contributed by atoms with Gasteiger partial charge in [-0.25, -0.2) is 24.5 Å². The van der Waals surface area contributed by atoms with Crippen LogP contribution in [0.15, 0.2) is 175 Å². The normalized spacial score (nSPS) is 21.8. The van der Waals surface area contributed by atoms with Crippen molar-refractivity contribution < 1.29 is 84.5 Å². The van der Waals surface area contributed by atoms with Crippen LogP contribution in [-0.2, 0) is 66.0 Å². The van der Waals surface area contributed by atoms with E-state index in [-0.39, 0.29) is 168 Å². The summed E-state index contributed by atoms with van der Waals surface area (Å²) in [6, 6.07) is 40.8. The summed E-state index contributed by atoms with van der Waals surface area (Å²) in [5, 5.41) is 5.78. The Morgan fingerprint density at radius 2 is 0.912 bits per heavy atom. The van der Waals surface area contributed by atoms with Crippen molar-refractivity contribution in [2.75, 3.05) is 41.5 Å². The van der Waals surface area contributed by atoms with E-state index < -0.39 is 77.8 Å². The summed E-state index contributed by atoms with van der Waals surface area (Å²) >= 11 is 13.4. The zero-order valence-electron chi connectivity index (χ0n) is 84.4. The van der Waals surface area contributed by atoms with Crippen molar-refractivity contribution in [2.24, 2.45) is 63.2 Å². The second-order valence-electron chi connectivity index (χ2n) is 43.6. The number of H-pyrrole nitrogens is 1. The highest BCUT2D eigenvalue weighted by molar-refractivity contribution is 6.34. The van der Waals surface area contributed by atoms with Crippen LogP contribution < -0.4 is 10.6 Å². The molecule has 2 spiro atoms. The zero-order chi connectivity index (χ0) is 104. The monoisotopic (exact) mass is 2050 g/mol. The van der Waals surface area contributed by atoms with Crippen molar-refractivity contribution in [3.63, 3.8) is 0 Å². The number of carbonyl (C=O) groups is 10. The highest BCUT2D eigenvalue weighted by atomic mass is 35.5. The minimum Gasteiger partial charge on any atom is -0.469 e. The third kappa shape index (κ3) is 17.6. The van der Waals surface area contributed by atoms with Crippen LogP contribution in [0, 0.1) is 58.2 Å². The Bertz CT molecular complexity index is 7340. The number of aliphatic imine (C=N–C) groups is 1. The Balaban J connectivity index is 0.000000179. The molecule has 27 nitrogen and oxygen atoms in total. The Hall–Kier alpha value is -13.7. The van der Waals surface area contributed by atoms with Gasteiger partial charge in [0.25, 0.3) is 23.7 Å². The largest absolute Gasteiger partial charge is 0.469 e. The maximum atomic E-state index is 17.5. The lowest BCUT2D eigenvalue weighted by Crippen LogP contribution is -2.52. The number of nitrogens with one attached hydrogen (secondary N) is 3. The van der Waals surface area contributed by atoms with Gasteiger partial charge < -0.3 is 54.2 Å². The van der Waals surface area contributed by atoms with Crippen LogP contribution in [0.25, 0.3) is 78.1 Å². The molecule has 33 heteroatoms. The SMILES string of the molecule is COC(=O)CC(C(=O)N1C(C2=Nc3ccc(-c4ccc5c(c4)C(F)(F)c4cc(-c6cnc(C7CC8(CC8)CN7C(=O)[C@@H](NC(=O)OC)C(C)C)[nH]6)ccc4-5)cc3C2)[C@H]2CC[C@@H]1C2)C(C)C.COC(=O)CC(C(=O)N1C(c2nc3ccc(-c4ccc5c(c4)C(F)(F)c4cc(-c6cnc(C7CC8(CC8)CN7C(=O)[C@@H](NC(=O)OC)C(C)C)n6C(=O)c6ccccc6Cl)ccc4-5)cc3n2C(=O)c2ccccc2Cl)[C@H]2CC[C@@H]1C2)C(C)C. The molecule has 6 aliphatic carbocycles. The third-order valence-corrected chi connectivity index (χ3v) is 34.0. The molecular formula is C115H117Cl2F4N13O14. The number of carbonyl (C=O) groups excluding carboxylic acids is 10. The molecule has 6 unspecified atom stereocenters. The summed E-state index contributed by atoms with van der Waals surface area (Å²) in [6.07, 6.45) is 12.3. The van der Waals surface area contributed by atoms with Gasteiger partial charge >= 0.3 is 24.1 Å². The molecule has 5 aliphatic heterocycles. The lowest BCUT2D eigenvalue weighted by Gasteiger charge is -2.38. The lowest BCUT2D eigenvalue weighted by molar-refractivity contribution is -0.150. The van der Waals surface area contributed by atoms with Gasteiger partial charge in [0.15, 0.2) is 0 Å². The number of halogens is 6. The van der Waals surface area contributed by atoms with E-state index in [0.29, 0.717) is 111 Å². The third-order valence-electron chi connectivity index (χ3n) is 33.3. The fourth-order valence-electron chi connectivity index (χ4n) is 25.0. The number of esters is 2. The van der Waals surface area contributed by atoms with Gasteiger partial charge in [-0.05, 0) is 246 Å². The Morgan fingerprint density at radius 3 is 1.41 bits per heavy atom. The lowest BCUT2D eigenvalue weighted by atomic mass is 9.87. The number of hydrogen-bond donors (Lipinski definition) is 3. The van der Waals surface area contributed by atoms with Crippen LogP contribution in [0.4, 0.5) is 32.8 Å². The molecule has 22 rings (SSSR count). The van der Waals surface area contributed by atoms with Crippen molar-refractivity contribution in [1.29, 1.82) is 0 Å². The van der Waals surface area contributed by atoms with Gasteiger partial charge in [0.05, 0.1) is 139 Å². The number of ether oxygens (including phenoxy) is 4. The second-order valence-corrected chi connectivity index (χ2v) is 44.4. The number of aromatic amines is 1. The number of amides is 6. The fraction of sp³-hybridized carbons (Fsp3) is 0.426. The summed E-state index contributed by atoms with van der Waals surface area (Å²) < 4.78 is 90.9. The molecule has 4 saturated carbocycles. The Morgan fingerprint density at radius 1 is 0.466 bits per heavy atom. The summed E-state index contributed by atoms with van der Waals surface area (Å²) in [5.74, 6) is -9.92. The Kier molecular flexibility index (Phi) is 26.1. The molecule has 8 aromatic carbocycles. The van der Waals surface area contributed by atoms with Gasteiger partial charge in [-0.3, -0.25) is 52.5 Å². The first-order valence-corrected chi connectivity index (χ1v) is 52.0. The zero-order valence-corrected chi connectivity index (χ0v) is 85.9. The predicted octanol–water partition coefficient (Wildman–Crippen LogP) is 21.8. The highest BCUT2D eigenvalue weighted by Crippen LogP contribution is 2.63. The van der Waals surface area contributed by atoms with Gasteiger partial charge in [0.1, 0.15) is 29.6 Å². The van der Waals surface area contributed by atoms with Crippen molar-refractivity contribution in [1.82, 2.24) is 59.3 Å². The maximum Gasteiger partial charge on any atom is 0.407 e. The van der Waals surface area contributed by atoms with Gasteiger partial charge in [-0.1, -0.05) is 164 Å². The number of methoxy groups -OCH3 is 4. The number of piperidine rings is 2. The molecule has 3 aromatic heterocycles. The standard InChI is InChI=1S/C64H61Cl2F2N7O8.C51H56F2N6O6/c1-33(2)44(29-53(76)82-5)60(79)73-39-19-15-38(25-39)55(73)57-70-49-22-18-36(28-50(49)74(57)58(77)42-11-7-9-13-47(42)65)35-16-20-40-41-21-17-37(27-46(41)64(67,68)45(40)26-35)52-31-69-56(75(52)59(78)43-12-8-10-14-48(43)66)51-30-63(23-24-63)32-72(51)61(80)54(34(3)4)71-62(81)83-6;1-26(2)36(22-43(60)64-5)47(61)59-33-11-7-31(18-33)45(59)40-21-32-17-28(10-14-39(32)55-40)29-8-12-34-35-13-9-30(20-38(35)51(52,53)37(34)19-29)41-24-54-46(56-41)42-23-50(15-16-50)25-58(42)48(62)44(27(3)4)57-49(63)65-6/h7-14,16-18,20-22,26-28,31,33-34,38-39,44,51,54-55H,15,19,23-25,29-30,32H2,1-6H3,(H,71,81);8-10,12-14,17,19-20,24,26-27,31,33,36,42,44-45H,7,11,15-16,18,21-23,25H2,1-6H3,(H,54,56)(H,57,63)/t38-,39+,44?,51?,54-,55?;31-,33+,36?,42?,44-,45?/m00/s1. The number of nitrogens with zero attached hydrogens (tertiary/aromatic N) is 10. The van der Waals surface area contributed by atoms with Crippen LogP contribution in [-0.4, -0.2) is 186 Å². The summed E-state index contributed by atoms with van der Waals surface area (Å²) in [6.45, 7) is 16.1. The average molecular weight is 2050 g/mol. The van der Waals surface area contributed by atoms with Crippen LogP contribution in [0.1, 0.15) is 229 Å². The summed E-state index contributed by atoms with van der Waals surface area (Å²) in [5.41, 5.74) is 8.75. The van der Waals surface area contributed by atoms with Crippen molar-refractivity contribution in [3.05, 3.63) is 237 Å². The first-order chi connectivity index (χ1) is 70.8. The van der Waals surface area contributed by atoms with E-state index in [2.05, 4.69) is 15.6 Å². The number of rotatable bonds is 24. The van der Waals surface area contributed by atoms with Crippen molar-refractivity contribution in [2.45, 2.75) is 212 Å². The van der Waals surface area contributed by atoms with Crippen LogP contribution in [0.3, 0.4) is 0 Å². The van der Waals surface area contributed by atoms with Crippen LogP contribution in [0.2, 0.25) is 10.0 Å². The van der Waals surface area contributed by atoms with E-state index in [4.69, 9.17) is 62.1 Å². The molecule has 0 radical (unpaired) electrons. The van der Waals surface area contributed by atoms with E-state index in [1.54, 1.807) is 120 Å². The number of aromatic nitrogens is 6. The number of alkyl halides is 4. The van der Waals surface area contributed by atoms with E-state index in [0.717, 1.165) is 86.7 Å². The molecule has 148 heavy (non-hydrogen) atoms. The summed E-state index contributed by atoms with van der Waals surface area (Å²) in [4.78, 5) is 168. The first-order valence-electron chi connectivity index (χ1n) is 51.2. The van der Waals surface area contributed by atoms with Crippen molar-refractivity contribution in [3.8, 4) is 67.0 Å². The molecule has 4 bridgehead atoms. The molecular weight excluding hydrogens is 1930 g/mol. The Labute approximate surface area is 864 Å². The number of likely N-dealkylation sites (tertiary alicyclic amines) is 4. The fourth-order valence-corrected chi connectivity index (χ4v) is 25.4. The number of imidazole rings is 3. The molecule has 6 amide bonds. The minimum atomic E-state index is -3.54.